The lowest BCUT2D eigenvalue weighted by atomic mass is 10.2. The zero-order valence-electron chi connectivity index (χ0n) is 22.1. The molecule has 1 aliphatic rings. The average Bonchev–Trinajstić information content (AvgIpc) is 3.25. The molecule has 0 unspecified atom stereocenters. The molecule has 15 heteroatoms. The number of hydrogen-bond acceptors (Lipinski definition) is 10. The molecule has 0 saturated carbocycles. The smallest absolute Gasteiger partial charge is 0.240 e. The highest BCUT2D eigenvalue weighted by atomic mass is 35.5. The molecule has 37 heavy (non-hydrogen) atoms. The minimum absolute atomic E-state index is 0.0278. The van der Waals surface area contributed by atoms with E-state index in [-0.39, 0.29) is 37.7 Å². The first-order valence-electron chi connectivity index (χ1n) is 11.7. The van der Waals surface area contributed by atoms with Crippen molar-refractivity contribution in [2.75, 3.05) is 52.0 Å². The summed E-state index contributed by atoms with van der Waals surface area (Å²) in [6.07, 6.45) is -0.576. The van der Waals surface area contributed by atoms with Crippen molar-refractivity contribution >= 4 is 40.1 Å². The number of nitrogens with zero attached hydrogens (tertiary/aromatic N) is 5. The number of rotatable bonds is 14. The molecule has 0 aromatic carbocycles. The van der Waals surface area contributed by atoms with Crippen molar-refractivity contribution in [1.82, 2.24) is 14.8 Å². The van der Waals surface area contributed by atoms with E-state index in [0.29, 0.717) is 24.1 Å². The van der Waals surface area contributed by atoms with Crippen LogP contribution in [-0.4, -0.2) is 100 Å². The Kier molecular flexibility index (Phi) is 12.6. The first-order chi connectivity index (χ1) is 17.5. The van der Waals surface area contributed by atoms with Crippen LogP contribution >= 0.6 is 11.6 Å². The quantitative estimate of drug-likeness (QED) is 0.265. The van der Waals surface area contributed by atoms with Gasteiger partial charge in [0.15, 0.2) is 11.7 Å². The molecule has 0 spiro atoms. The molecular formula is C22H37ClN6O7S. The summed E-state index contributed by atoms with van der Waals surface area (Å²) in [7, 11) is -1.06. The van der Waals surface area contributed by atoms with Gasteiger partial charge in [0.1, 0.15) is 17.5 Å². The van der Waals surface area contributed by atoms with Gasteiger partial charge in [0.25, 0.3) is 0 Å². The van der Waals surface area contributed by atoms with Crippen LogP contribution in [0.25, 0.3) is 0 Å². The fourth-order valence-corrected chi connectivity index (χ4v) is 4.73. The zero-order chi connectivity index (χ0) is 27.6. The summed E-state index contributed by atoms with van der Waals surface area (Å²) in [5.74, 6) is 0.426. The number of allylic oxidation sites excluding steroid dienone is 1. The Morgan fingerprint density at radius 3 is 2.46 bits per heavy atom. The Morgan fingerprint density at radius 2 is 1.95 bits per heavy atom. The summed E-state index contributed by atoms with van der Waals surface area (Å²) in [6.45, 7) is 11.7. The SMILES string of the molecule is C=N/C(=N\C=C(/C)Cl)[C@H](OC(C)C)[C@H](C)S(=O)(=O)Nc1nnc([C@@H]2COCCO2)n1C(COC)COC. The maximum Gasteiger partial charge on any atom is 0.240 e. The van der Waals surface area contributed by atoms with E-state index in [9.17, 15) is 8.42 Å². The van der Waals surface area contributed by atoms with Crippen LogP contribution in [0.3, 0.4) is 0 Å². The molecule has 1 aromatic rings. The van der Waals surface area contributed by atoms with E-state index in [2.05, 4.69) is 31.6 Å². The van der Waals surface area contributed by atoms with Crippen molar-refractivity contribution in [2.24, 2.45) is 9.98 Å². The fraction of sp³-hybridized carbons (Fsp3) is 0.727. The summed E-state index contributed by atoms with van der Waals surface area (Å²) in [4.78, 5) is 8.07. The van der Waals surface area contributed by atoms with Crippen LogP contribution in [0, 0.1) is 0 Å². The third kappa shape index (κ3) is 8.80. The highest BCUT2D eigenvalue weighted by molar-refractivity contribution is 7.93. The van der Waals surface area contributed by atoms with Crippen LogP contribution in [0.2, 0.25) is 0 Å². The van der Waals surface area contributed by atoms with Gasteiger partial charge >= 0.3 is 0 Å². The summed E-state index contributed by atoms with van der Waals surface area (Å²) in [5, 5.41) is 7.58. The monoisotopic (exact) mass is 564 g/mol. The lowest BCUT2D eigenvalue weighted by molar-refractivity contribution is -0.0957. The molecule has 1 fully saturated rings. The highest BCUT2D eigenvalue weighted by Gasteiger charge is 2.37. The molecular weight excluding hydrogens is 528 g/mol. The Bertz CT molecular complexity index is 1030. The topological polar surface area (TPSA) is 148 Å². The van der Waals surface area contributed by atoms with Gasteiger partial charge in [0.2, 0.25) is 16.0 Å². The number of halogens is 1. The second-order valence-corrected chi connectivity index (χ2v) is 11.2. The molecule has 210 valence electrons. The normalized spacial score (nSPS) is 19.3. The largest absolute Gasteiger partial charge is 0.382 e. The number of anilines is 1. The molecule has 1 saturated heterocycles. The molecule has 0 amide bonds. The third-order valence-electron chi connectivity index (χ3n) is 5.27. The summed E-state index contributed by atoms with van der Waals surface area (Å²) < 4.78 is 59.3. The number of aromatic nitrogens is 3. The van der Waals surface area contributed by atoms with E-state index < -0.39 is 33.5 Å². The lowest BCUT2D eigenvalue weighted by Gasteiger charge is -2.28. The second kappa shape index (κ2) is 14.9. The van der Waals surface area contributed by atoms with E-state index in [4.69, 9.17) is 35.3 Å². The molecule has 13 nitrogen and oxygen atoms in total. The minimum Gasteiger partial charge on any atom is -0.382 e. The molecule has 0 radical (unpaired) electrons. The van der Waals surface area contributed by atoms with Gasteiger partial charge < -0.3 is 23.7 Å². The summed E-state index contributed by atoms with van der Waals surface area (Å²) in [6, 6.07) is -0.454. The van der Waals surface area contributed by atoms with Gasteiger partial charge in [-0.2, -0.15) is 0 Å². The maximum absolute atomic E-state index is 13.6. The first kappa shape index (κ1) is 31.3. The third-order valence-corrected chi connectivity index (χ3v) is 7.06. The van der Waals surface area contributed by atoms with E-state index in [1.807, 2.05) is 0 Å². The van der Waals surface area contributed by atoms with Gasteiger partial charge in [-0.25, -0.2) is 18.4 Å². The van der Waals surface area contributed by atoms with Crippen LogP contribution < -0.4 is 4.72 Å². The van der Waals surface area contributed by atoms with Crippen LogP contribution in [0.4, 0.5) is 5.95 Å². The fourth-order valence-electron chi connectivity index (χ4n) is 3.59. The van der Waals surface area contributed by atoms with Crippen molar-refractivity contribution in [2.45, 2.75) is 57.3 Å². The van der Waals surface area contributed by atoms with Crippen LogP contribution in [0.15, 0.2) is 21.2 Å². The van der Waals surface area contributed by atoms with E-state index in [1.54, 1.807) is 25.3 Å². The molecule has 3 atom stereocenters. The van der Waals surface area contributed by atoms with Gasteiger partial charge in [0.05, 0.1) is 45.2 Å². The van der Waals surface area contributed by atoms with Crippen LogP contribution in [-0.2, 0) is 33.7 Å². The first-order valence-corrected chi connectivity index (χ1v) is 13.6. The lowest BCUT2D eigenvalue weighted by Crippen LogP contribution is -2.43. The average molecular weight is 565 g/mol. The van der Waals surface area contributed by atoms with E-state index >= 15 is 0 Å². The van der Waals surface area contributed by atoms with Crippen molar-refractivity contribution in [3.05, 3.63) is 17.1 Å². The minimum atomic E-state index is -4.13. The van der Waals surface area contributed by atoms with Gasteiger partial charge in [-0.15, -0.1) is 10.2 Å². The maximum atomic E-state index is 13.6. The van der Waals surface area contributed by atoms with Crippen molar-refractivity contribution in [3.8, 4) is 0 Å². The summed E-state index contributed by atoms with van der Waals surface area (Å²) in [5.41, 5.74) is 0. The number of aliphatic imine (C=N–C) groups is 2. The van der Waals surface area contributed by atoms with Crippen molar-refractivity contribution < 1.29 is 32.1 Å². The summed E-state index contributed by atoms with van der Waals surface area (Å²) >= 11 is 5.89. The Hall–Kier alpha value is -1.94. The Labute approximate surface area is 223 Å². The second-order valence-electron chi connectivity index (χ2n) is 8.57. The number of nitrogens with one attached hydrogen (secondary N) is 1. The molecule has 2 rings (SSSR count). The molecule has 1 aliphatic heterocycles. The standard InChI is InChI=1S/C22H37ClN6O7S/c1-14(2)36-19(20(24-5)25-10-15(3)23)16(4)37(30,31)28-22-27-26-21(18-13-34-8-9-35-18)29(22)17(11-32-6)12-33-7/h10,14,16-19H,5,8-9,11-13H2,1-4,6-7H3,(H,27,28)/b15-10+,25-20-/t16-,18-,19+/m0/s1. The number of hydrogen-bond donors (Lipinski definition) is 1. The molecule has 1 N–H and O–H groups in total. The van der Waals surface area contributed by atoms with Gasteiger partial charge in [0, 0.05) is 25.5 Å². The predicted octanol–water partition coefficient (Wildman–Crippen LogP) is 2.32. The van der Waals surface area contributed by atoms with Crippen LogP contribution in [0.1, 0.15) is 45.7 Å². The number of ether oxygens (including phenoxy) is 5. The Morgan fingerprint density at radius 1 is 1.27 bits per heavy atom. The zero-order valence-corrected chi connectivity index (χ0v) is 23.7. The number of methoxy groups -OCH3 is 2. The van der Waals surface area contributed by atoms with Crippen molar-refractivity contribution in [1.29, 1.82) is 0 Å². The molecule has 0 bridgehead atoms. The van der Waals surface area contributed by atoms with Gasteiger partial charge in [-0.05, 0) is 34.4 Å². The molecule has 1 aromatic heterocycles. The predicted molar refractivity (Wildman–Crippen MR) is 141 cm³/mol. The number of amidine groups is 1. The van der Waals surface area contributed by atoms with Gasteiger partial charge in [-0.3, -0.25) is 9.29 Å². The van der Waals surface area contributed by atoms with Gasteiger partial charge in [-0.1, -0.05) is 11.6 Å². The van der Waals surface area contributed by atoms with Crippen molar-refractivity contribution in [3.63, 3.8) is 0 Å². The van der Waals surface area contributed by atoms with Crippen LogP contribution in [0.5, 0.6) is 0 Å². The Balaban J connectivity index is 2.50. The molecule has 0 aliphatic carbocycles. The number of sulfonamides is 1. The highest BCUT2D eigenvalue weighted by Crippen LogP contribution is 2.27. The van der Waals surface area contributed by atoms with E-state index in [0.717, 1.165) is 0 Å². The molecule has 2 heterocycles. The van der Waals surface area contributed by atoms with E-state index in [1.165, 1.54) is 27.3 Å².